The van der Waals surface area contributed by atoms with Crippen molar-refractivity contribution in [1.29, 1.82) is 5.26 Å². The van der Waals surface area contributed by atoms with Crippen LogP contribution in [0.3, 0.4) is 0 Å². The van der Waals surface area contributed by atoms with Gasteiger partial charge in [0.15, 0.2) is 0 Å². The van der Waals surface area contributed by atoms with Crippen LogP contribution in [0.1, 0.15) is 30.0 Å². The van der Waals surface area contributed by atoms with Crippen LogP contribution in [-0.4, -0.2) is 22.6 Å². The van der Waals surface area contributed by atoms with E-state index in [0.717, 1.165) is 48.4 Å². The molecule has 0 spiro atoms. The summed E-state index contributed by atoms with van der Waals surface area (Å²) >= 11 is 0. The number of halogens is 1. The Kier molecular flexibility index (Phi) is 3.71. The molecule has 2 aliphatic rings. The van der Waals surface area contributed by atoms with Gasteiger partial charge in [-0.25, -0.2) is 9.37 Å². The van der Waals surface area contributed by atoms with Gasteiger partial charge in [-0.05, 0) is 49.1 Å². The maximum atomic E-state index is 14.7. The van der Waals surface area contributed by atoms with Crippen LogP contribution >= 0.6 is 0 Å². The Morgan fingerprint density at radius 2 is 1.85 bits per heavy atom. The summed E-state index contributed by atoms with van der Waals surface area (Å²) in [5.74, 6) is 0.265. The predicted octanol–water partition coefficient (Wildman–Crippen LogP) is 4.38. The Balaban J connectivity index is 1.39. The van der Waals surface area contributed by atoms with Gasteiger partial charge >= 0.3 is 0 Å². The van der Waals surface area contributed by atoms with E-state index in [-0.39, 0.29) is 11.9 Å². The van der Waals surface area contributed by atoms with E-state index in [1.54, 1.807) is 12.1 Å². The van der Waals surface area contributed by atoms with Gasteiger partial charge in [0.1, 0.15) is 5.82 Å². The number of hydrogen-bond donors (Lipinski definition) is 0. The third-order valence-electron chi connectivity index (χ3n) is 5.94. The van der Waals surface area contributed by atoms with Crippen molar-refractivity contribution in [3.63, 3.8) is 0 Å². The second-order valence-corrected chi connectivity index (χ2v) is 7.32. The van der Waals surface area contributed by atoms with Crippen LogP contribution in [0.4, 0.5) is 10.1 Å². The lowest BCUT2D eigenvalue weighted by Crippen LogP contribution is -2.36. The molecule has 0 aliphatic carbocycles. The molecule has 5 rings (SSSR count). The first-order valence-corrected chi connectivity index (χ1v) is 9.32. The maximum absolute atomic E-state index is 14.7. The Labute approximate surface area is 157 Å². The number of imidazole rings is 1. The van der Waals surface area contributed by atoms with Gasteiger partial charge in [-0.2, -0.15) is 5.26 Å². The number of anilines is 1. The normalized spacial score (nSPS) is 18.8. The molecule has 0 saturated carbocycles. The number of benzene rings is 2. The molecule has 3 aromatic rings. The van der Waals surface area contributed by atoms with Crippen molar-refractivity contribution >= 4 is 5.69 Å². The lowest BCUT2D eigenvalue weighted by Gasteiger charge is -2.37. The lowest BCUT2D eigenvalue weighted by molar-refractivity contribution is 0.312. The largest absolute Gasteiger partial charge is 0.372 e. The molecule has 1 unspecified atom stereocenters. The standard InChI is InChI=1S/C22H19FN4/c23-19-3-1-2-18-20-13-25-14-27(20)22(21(18)19)16-8-10-26(11-9-16)17-6-4-15(12-24)5-7-17/h1-7,13-14,16,22H,8-11H2. The van der Waals surface area contributed by atoms with E-state index in [1.165, 1.54) is 0 Å². The second kappa shape index (κ2) is 6.24. The molecule has 1 saturated heterocycles. The first-order valence-electron chi connectivity index (χ1n) is 9.32. The molecule has 0 bridgehead atoms. The van der Waals surface area contributed by atoms with Crippen LogP contribution in [0.2, 0.25) is 0 Å². The van der Waals surface area contributed by atoms with E-state index in [4.69, 9.17) is 5.26 Å². The van der Waals surface area contributed by atoms with Gasteiger partial charge in [0.05, 0.1) is 35.9 Å². The summed E-state index contributed by atoms with van der Waals surface area (Å²) in [6, 6.07) is 15.3. The molecule has 1 fully saturated rings. The lowest BCUT2D eigenvalue weighted by atomic mass is 9.85. The van der Waals surface area contributed by atoms with Gasteiger partial charge in [0, 0.05) is 29.9 Å². The van der Waals surface area contributed by atoms with E-state index >= 15 is 0 Å². The Bertz CT molecular complexity index is 1020. The van der Waals surface area contributed by atoms with Crippen molar-refractivity contribution in [1.82, 2.24) is 9.55 Å². The van der Waals surface area contributed by atoms with Gasteiger partial charge in [-0.15, -0.1) is 0 Å². The van der Waals surface area contributed by atoms with Crippen LogP contribution in [0.5, 0.6) is 0 Å². The molecule has 0 N–H and O–H groups in total. The summed E-state index contributed by atoms with van der Waals surface area (Å²) in [6.45, 7) is 1.86. The fraction of sp³-hybridized carbons (Fsp3) is 0.273. The molecule has 1 aromatic heterocycles. The quantitative estimate of drug-likeness (QED) is 0.683. The third-order valence-corrected chi connectivity index (χ3v) is 5.94. The monoisotopic (exact) mass is 358 g/mol. The van der Waals surface area contributed by atoms with Crippen LogP contribution in [0.25, 0.3) is 11.3 Å². The minimum absolute atomic E-state index is 0.0295. The van der Waals surface area contributed by atoms with Crippen molar-refractivity contribution < 1.29 is 4.39 Å². The Morgan fingerprint density at radius 3 is 2.59 bits per heavy atom. The molecular weight excluding hydrogens is 339 g/mol. The van der Waals surface area contributed by atoms with Crippen LogP contribution < -0.4 is 4.90 Å². The summed E-state index contributed by atoms with van der Waals surface area (Å²) in [6.07, 6.45) is 5.67. The SMILES string of the molecule is N#Cc1ccc(N2CCC(C3c4c(F)cccc4-c4cncn43)CC2)cc1. The molecule has 0 amide bonds. The predicted molar refractivity (Wildman–Crippen MR) is 102 cm³/mol. The highest BCUT2D eigenvalue weighted by Gasteiger charge is 2.37. The van der Waals surface area contributed by atoms with E-state index < -0.39 is 0 Å². The number of rotatable bonds is 2. The van der Waals surface area contributed by atoms with E-state index in [2.05, 4.69) is 20.5 Å². The molecular formula is C22H19FN4. The summed E-state index contributed by atoms with van der Waals surface area (Å²) in [5.41, 5.74) is 4.65. The topological polar surface area (TPSA) is 44.9 Å². The van der Waals surface area contributed by atoms with Crippen molar-refractivity contribution in [2.24, 2.45) is 5.92 Å². The molecule has 0 radical (unpaired) electrons. The summed E-state index contributed by atoms with van der Waals surface area (Å²) < 4.78 is 16.8. The molecule has 134 valence electrons. The number of hydrogen-bond acceptors (Lipinski definition) is 3. The fourth-order valence-electron chi connectivity index (χ4n) is 4.62. The van der Waals surface area contributed by atoms with Crippen molar-refractivity contribution in [3.05, 3.63) is 71.9 Å². The molecule has 1 atom stereocenters. The van der Waals surface area contributed by atoms with E-state index in [1.807, 2.05) is 42.9 Å². The zero-order valence-corrected chi connectivity index (χ0v) is 14.8. The molecule has 27 heavy (non-hydrogen) atoms. The Hall–Kier alpha value is -3.13. The number of nitrogens with zero attached hydrogens (tertiary/aromatic N) is 4. The van der Waals surface area contributed by atoms with Crippen LogP contribution in [-0.2, 0) is 0 Å². The van der Waals surface area contributed by atoms with Crippen molar-refractivity contribution in [2.75, 3.05) is 18.0 Å². The highest BCUT2D eigenvalue weighted by Crippen LogP contribution is 2.46. The highest BCUT2D eigenvalue weighted by molar-refractivity contribution is 5.69. The summed E-state index contributed by atoms with van der Waals surface area (Å²) in [4.78, 5) is 6.65. The number of aromatic nitrogens is 2. The number of fused-ring (bicyclic) bond motifs is 3. The van der Waals surface area contributed by atoms with Gasteiger partial charge in [0.25, 0.3) is 0 Å². The molecule has 2 aromatic carbocycles. The van der Waals surface area contributed by atoms with Crippen LogP contribution in [0.15, 0.2) is 55.0 Å². The zero-order chi connectivity index (χ0) is 18.4. The average molecular weight is 358 g/mol. The summed E-state index contributed by atoms with van der Waals surface area (Å²) in [5, 5.41) is 8.96. The van der Waals surface area contributed by atoms with Crippen molar-refractivity contribution in [3.8, 4) is 17.3 Å². The van der Waals surface area contributed by atoms with Gasteiger partial charge in [-0.1, -0.05) is 12.1 Å². The number of piperidine rings is 1. The molecule has 3 heterocycles. The molecule has 2 aliphatic heterocycles. The zero-order valence-electron chi connectivity index (χ0n) is 14.8. The minimum Gasteiger partial charge on any atom is -0.372 e. The first-order chi connectivity index (χ1) is 13.3. The average Bonchev–Trinajstić information content (AvgIpc) is 3.30. The minimum atomic E-state index is -0.115. The van der Waals surface area contributed by atoms with Crippen molar-refractivity contribution in [2.45, 2.75) is 18.9 Å². The highest BCUT2D eigenvalue weighted by atomic mass is 19.1. The summed E-state index contributed by atoms with van der Waals surface area (Å²) in [7, 11) is 0. The molecule has 5 heteroatoms. The van der Waals surface area contributed by atoms with Gasteiger partial charge < -0.3 is 9.47 Å². The number of nitriles is 1. The van der Waals surface area contributed by atoms with E-state index in [9.17, 15) is 4.39 Å². The second-order valence-electron chi connectivity index (χ2n) is 7.32. The van der Waals surface area contributed by atoms with Gasteiger partial charge in [0.2, 0.25) is 0 Å². The Morgan fingerprint density at radius 1 is 1.07 bits per heavy atom. The van der Waals surface area contributed by atoms with Crippen LogP contribution in [0, 0.1) is 23.1 Å². The smallest absolute Gasteiger partial charge is 0.129 e. The fourth-order valence-corrected chi connectivity index (χ4v) is 4.62. The first kappa shape index (κ1) is 16.1. The van der Waals surface area contributed by atoms with E-state index in [0.29, 0.717) is 11.5 Å². The maximum Gasteiger partial charge on any atom is 0.129 e. The van der Waals surface area contributed by atoms with Gasteiger partial charge in [-0.3, -0.25) is 0 Å². The molecule has 4 nitrogen and oxygen atoms in total. The third kappa shape index (κ3) is 2.52.